The van der Waals surface area contributed by atoms with Gasteiger partial charge in [-0.2, -0.15) is 0 Å². The lowest BCUT2D eigenvalue weighted by molar-refractivity contribution is -0.130. The lowest BCUT2D eigenvalue weighted by atomic mass is 10.2. The summed E-state index contributed by atoms with van der Waals surface area (Å²) < 4.78 is 16.4. The number of furan rings is 1. The fourth-order valence-electron chi connectivity index (χ4n) is 2.19. The Hall–Kier alpha value is -2.47. The van der Waals surface area contributed by atoms with Crippen molar-refractivity contribution in [2.75, 3.05) is 13.2 Å². The summed E-state index contributed by atoms with van der Waals surface area (Å²) in [5, 5.41) is 12.6. The van der Waals surface area contributed by atoms with Gasteiger partial charge in [0.05, 0.1) is 6.54 Å². The fraction of sp³-hybridized carbons (Fsp3) is 0.312. The summed E-state index contributed by atoms with van der Waals surface area (Å²) in [6.07, 6.45) is -1.63. The van der Waals surface area contributed by atoms with E-state index in [1.54, 1.807) is 31.2 Å². The molecule has 0 unspecified atom stereocenters. The van der Waals surface area contributed by atoms with Crippen LogP contribution in [0.25, 0.3) is 0 Å². The Morgan fingerprint density at radius 1 is 1.32 bits per heavy atom. The van der Waals surface area contributed by atoms with Crippen molar-refractivity contribution in [2.24, 2.45) is 0 Å². The number of aliphatic hydroxyl groups excluding tert-OH is 1. The summed E-state index contributed by atoms with van der Waals surface area (Å²) in [6.45, 7) is 1.98. The van der Waals surface area contributed by atoms with Gasteiger partial charge in [-0.05, 0) is 31.2 Å². The van der Waals surface area contributed by atoms with Crippen LogP contribution in [-0.2, 0) is 4.79 Å². The highest BCUT2D eigenvalue weighted by Gasteiger charge is 2.27. The lowest BCUT2D eigenvalue weighted by Gasteiger charge is -2.25. The number of nitrogens with one attached hydrogen (secondary N) is 1. The van der Waals surface area contributed by atoms with Gasteiger partial charge in [-0.25, -0.2) is 0 Å². The molecule has 0 fully saturated rings. The quantitative estimate of drug-likeness (QED) is 0.896. The highest BCUT2D eigenvalue weighted by Crippen LogP contribution is 2.30. The molecule has 6 heteroatoms. The van der Waals surface area contributed by atoms with Gasteiger partial charge in [-0.15, -0.1) is 0 Å². The number of ether oxygens (including phenoxy) is 2. The number of aliphatic hydroxyl groups is 1. The van der Waals surface area contributed by atoms with Crippen molar-refractivity contribution in [1.82, 2.24) is 5.32 Å². The minimum Gasteiger partial charge on any atom is -0.485 e. The topological polar surface area (TPSA) is 80.9 Å². The molecule has 0 saturated carbocycles. The Bertz CT molecular complexity index is 666. The first-order valence-corrected chi connectivity index (χ1v) is 7.04. The molecule has 0 aliphatic carbocycles. The van der Waals surface area contributed by atoms with Gasteiger partial charge < -0.3 is 24.3 Å². The molecule has 2 heterocycles. The number of rotatable bonds is 4. The summed E-state index contributed by atoms with van der Waals surface area (Å²) in [4.78, 5) is 12.1. The highest BCUT2D eigenvalue weighted by atomic mass is 16.6. The molecule has 0 radical (unpaired) electrons. The van der Waals surface area contributed by atoms with E-state index < -0.39 is 12.2 Å². The smallest absolute Gasteiger partial charge is 0.264 e. The molecule has 1 aliphatic rings. The monoisotopic (exact) mass is 303 g/mol. The van der Waals surface area contributed by atoms with Gasteiger partial charge in [0.25, 0.3) is 5.91 Å². The summed E-state index contributed by atoms with van der Waals surface area (Å²) in [5.41, 5.74) is 0. The van der Waals surface area contributed by atoms with Crippen molar-refractivity contribution in [2.45, 2.75) is 19.1 Å². The van der Waals surface area contributed by atoms with E-state index in [2.05, 4.69) is 5.32 Å². The standard InChI is InChI=1S/C16H17NO5/c1-10-6-7-12(21-10)11(18)8-17-16(19)15-9-20-13-4-2-3-5-14(13)22-15/h2-7,11,15,18H,8-9H2,1H3,(H,17,19)/t11-,15-/m1/s1. The van der Waals surface area contributed by atoms with Crippen LogP contribution in [0.15, 0.2) is 40.8 Å². The second-order valence-electron chi connectivity index (χ2n) is 5.07. The van der Waals surface area contributed by atoms with Crippen LogP contribution in [0.2, 0.25) is 0 Å². The van der Waals surface area contributed by atoms with E-state index in [0.717, 1.165) is 0 Å². The second kappa shape index (κ2) is 6.11. The minimum absolute atomic E-state index is 0.0489. The molecule has 1 amide bonds. The first-order valence-electron chi connectivity index (χ1n) is 7.04. The van der Waals surface area contributed by atoms with Crippen molar-refractivity contribution < 1.29 is 23.8 Å². The van der Waals surface area contributed by atoms with Crippen molar-refractivity contribution in [1.29, 1.82) is 0 Å². The van der Waals surface area contributed by atoms with Crippen LogP contribution >= 0.6 is 0 Å². The Labute approximate surface area is 127 Å². The van der Waals surface area contributed by atoms with Gasteiger partial charge in [0, 0.05) is 0 Å². The largest absolute Gasteiger partial charge is 0.485 e. The van der Waals surface area contributed by atoms with Gasteiger partial charge in [0.15, 0.2) is 11.5 Å². The van der Waals surface area contributed by atoms with Crippen molar-refractivity contribution in [3.05, 3.63) is 47.9 Å². The molecule has 2 atom stereocenters. The fourth-order valence-corrected chi connectivity index (χ4v) is 2.19. The Morgan fingerprint density at radius 3 is 2.82 bits per heavy atom. The van der Waals surface area contributed by atoms with E-state index >= 15 is 0 Å². The van der Waals surface area contributed by atoms with E-state index in [1.165, 1.54) is 0 Å². The number of hydrogen-bond acceptors (Lipinski definition) is 5. The van der Waals surface area contributed by atoms with Crippen LogP contribution in [-0.4, -0.2) is 30.3 Å². The molecule has 1 aromatic heterocycles. The molecule has 0 spiro atoms. The summed E-state index contributed by atoms with van der Waals surface area (Å²) >= 11 is 0. The molecule has 0 saturated heterocycles. The zero-order valence-electron chi connectivity index (χ0n) is 12.1. The number of carbonyl (C=O) groups is 1. The number of hydrogen-bond donors (Lipinski definition) is 2. The number of fused-ring (bicyclic) bond motifs is 1. The number of benzene rings is 1. The molecule has 2 aromatic rings. The number of para-hydroxylation sites is 2. The maximum Gasteiger partial charge on any atom is 0.264 e. The third-order valence-corrected chi connectivity index (χ3v) is 3.36. The number of amides is 1. The van der Waals surface area contributed by atoms with Crippen LogP contribution in [0.1, 0.15) is 17.6 Å². The van der Waals surface area contributed by atoms with Crippen molar-refractivity contribution >= 4 is 5.91 Å². The molecule has 22 heavy (non-hydrogen) atoms. The molecule has 3 rings (SSSR count). The number of carbonyl (C=O) groups excluding carboxylic acids is 1. The van der Waals surface area contributed by atoms with E-state index in [9.17, 15) is 9.90 Å². The molecule has 0 bridgehead atoms. The Balaban J connectivity index is 1.55. The average molecular weight is 303 g/mol. The molecular weight excluding hydrogens is 286 g/mol. The predicted molar refractivity (Wildman–Crippen MR) is 77.8 cm³/mol. The highest BCUT2D eigenvalue weighted by molar-refractivity contribution is 5.81. The zero-order chi connectivity index (χ0) is 15.5. The van der Waals surface area contributed by atoms with Gasteiger partial charge in [0.2, 0.25) is 6.10 Å². The Morgan fingerprint density at radius 2 is 2.09 bits per heavy atom. The Kier molecular flexibility index (Phi) is 4.02. The molecule has 116 valence electrons. The van der Waals surface area contributed by atoms with Gasteiger partial charge in [-0.3, -0.25) is 4.79 Å². The predicted octanol–water partition coefficient (Wildman–Crippen LogP) is 1.58. The summed E-state index contributed by atoms with van der Waals surface area (Å²) in [7, 11) is 0. The van der Waals surface area contributed by atoms with Crippen molar-refractivity contribution in [3.63, 3.8) is 0 Å². The molecule has 2 N–H and O–H groups in total. The maximum atomic E-state index is 12.1. The summed E-state index contributed by atoms with van der Waals surface area (Å²) in [5.74, 6) is 1.95. The molecular formula is C16H17NO5. The SMILES string of the molecule is Cc1ccc([C@H](O)CNC(=O)[C@H]2COc3ccccc3O2)o1. The zero-order valence-corrected chi connectivity index (χ0v) is 12.1. The van der Waals surface area contributed by atoms with Crippen LogP contribution in [0, 0.1) is 6.92 Å². The van der Waals surface area contributed by atoms with Gasteiger partial charge >= 0.3 is 0 Å². The van der Waals surface area contributed by atoms with Crippen LogP contribution in [0.4, 0.5) is 0 Å². The lowest BCUT2D eigenvalue weighted by Crippen LogP contribution is -2.45. The first kappa shape index (κ1) is 14.5. The van der Waals surface area contributed by atoms with E-state index in [4.69, 9.17) is 13.9 Å². The van der Waals surface area contributed by atoms with Gasteiger partial charge in [0.1, 0.15) is 24.2 Å². The van der Waals surface area contributed by atoms with E-state index in [-0.39, 0.29) is 19.1 Å². The minimum atomic E-state index is -0.894. The van der Waals surface area contributed by atoms with Crippen LogP contribution < -0.4 is 14.8 Å². The van der Waals surface area contributed by atoms with Crippen LogP contribution in [0.5, 0.6) is 11.5 Å². The van der Waals surface area contributed by atoms with E-state index in [1.807, 2.05) is 12.1 Å². The summed E-state index contributed by atoms with van der Waals surface area (Å²) in [6, 6.07) is 10.6. The van der Waals surface area contributed by atoms with Crippen molar-refractivity contribution in [3.8, 4) is 11.5 Å². The number of aryl methyl sites for hydroxylation is 1. The first-order chi connectivity index (χ1) is 10.6. The van der Waals surface area contributed by atoms with E-state index in [0.29, 0.717) is 23.0 Å². The van der Waals surface area contributed by atoms with Gasteiger partial charge in [-0.1, -0.05) is 12.1 Å². The normalized spacial score (nSPS) is 17.8. The maximum absolute atomic E-state index is 12.1. The average Bonchev–Trinajstić information content (AvgIpc) is 2.98. The second-order valence-corrected chi connectivity index (χ2v) is 5.07. The third kappa shape index (κ3) is 3.07. The molecule has 1 aromatic carbocycles. The molecule has 1 aliphatic heterocycles. The molecule has 6 nitrogen and oxygen atoms in total. The third-order valence-electron chi connectivity index (χ3n) is 3.36. The van der Waals surface area contributed by atoms with Crippen LogP contribution in [0.3, 0.4) is 0 Å².